The zero-order valence-corrected chi connectivity index (χ0v) is 16.8. The standard InChI is InChI=1S/C25H33N3/c1-2-7-13-21(12-6-1)27-19-25-23(22-14-8-9-15-24(22)28-25)16-17-26-18-20-10-4-3-5-11-20/h3-5,8-11,14-15,21,26-28H,1-2,6-7,12-13,16-19H2. The van der Waals surface area contributed by atoms with Crippen molar-refractivity contribution in [2.24, 2.45) is 0 Å². The predicted molar refractivity (Wildman–Crippen MR) is 118 cm³/mol. The highest BCUT2D eigenvalue weighted by atomic mass is 14.9. The van der Waals surface area contributed by atoms with Gasteiger partial charge in [-0.25, -0.2) is 0 Å². The van der Waals surface area contributed by atoms with Crippen LogP contribution in [0.25, 0.3) is 10.9 Å². The lowest BCUT2D eigenvalue weighted by Gasteiger charge is -2.16. The molecule has 4 rings (SSSR count). The summed E-state index contributed by atoms with van der Waals surface area (Å²) in [5.74, 6) is 0. The smallest absolute Gasteiger partial charge is 0.0459 e. The summed E-state index contributed by atoms with van der Waals surface area (Å²) in [6.07, 6.45) is 9.27. The second-order valence-corrected chi connectivity index (χ2v) is 8.11. The molecule has 1 aromatic heterocycles. The number of aromatic nitrogens is 1. The summed E-state index contributed by atoms with van der Waals surface area (Å²) in [4.78, 5) is 3.69. The molecule has 0 amide bonds. The monoisotopic (exact) mass is 375 g/mol. The molecule has 0 radical (unpaired) electrons. The van der Waals surface area contributed by atoms with Crippen molar-refractivity contribution in [2.75, 3.05) is 6.54 Å². The van der Waals surface area contributed by atoms with Crippen LogP contribution < -0.4 is 10.6 Å². The molecule has 0 saturated heterocycles. The van der Waals surface area contributed by atoms with Gasteiger partial charge in [0, 0.05) is 35.7 Å². The molecule has 148 valence electrons. The van der Waals surface area contributed by atoms with Crippen LogP contribution >= 0.6 is 0 Å². The molecule has 28 heavy (non-hydrogen) atoms. The van der Waals surface area contributed by atoms with Crippen molar-refractivity contribution in [1.82, 2.24) is 15.6 Å². The van der Waals surface area contributed by atoms with E-state index in [1.807, 2.05) is 0 Å². The molecule has 1 aliphatic rings. The van der Waals surface area contributed by atoms with Gasteiger partial charge in [0.15, 0.2) is 0 Å². The maximum atomic E-state index is 3.84. The number of H-pyrrole nitrogens is 1. The van der Waals surface area contributed by atoms with Gasteiger partial charge in [-0.05, 0) is 43.0 Å². The normalized spacial score (nSPS) is 15.7. The SMILES string of the molecule is c1ccc(CNCCc2c(CNC3CCCCCC3)[nH]c3ccccc23)cc1. The van der Waals surface area contributed by atoms with Crippen LogP contribution in [0.4, 0.5) is 0 Å². The Bertz CT molecular complexity index is 845. The fraction of sp³-hybridized carbons (Fsp3) is 0.440. The van der Waals surface area contributed by atoms with E-state index in [4.69, 9.17) is 0 Å². The zero-order chi connectivity index (χ0) is 19.0. The number of hydrogen-bond donors (Lipinski definition) is 3. The van der Waals surface area contributed by atoms with E-state index in [9.17, 15) is 0 Å². The molecule has 3 N–H and O–H groups in total. The van der Waals surface area contributed by atoms with Gasteiger partial charge in [-0.2, -0.15) is 0 Å². The number of nitrogens with one attached hydrogen (secondary N) is 3. The van der Waals surface area contributed by atoms with Crippen molar-refractivity contribution in [2.45, 2.75) is 64.1 Å². The molecule has 3 heteroatoms. The van der Waals surface area contributed by atoms with Crippen molar-refractivity contribution in [1.29, 1.82) is 0 Å². The predicted octanol–water partition coefficient (Wildman–Crippen LogP) is 5.31. The Labute approximate surface area is 168 Å². The summed E-state index contributed by atoms with van der Waals surface area (Å²) >= 11 is 0. The van der Waals surface area contributed by atoms with E-state index in [2.05, 4.69) is 70.2 Å². The van der Waals surface area contributed by atoms with E-state index in [0.29, 0.717) is 6.04 Å². The van der Waals surface area contributed by atoms with Crippen LogP contribution in [0.3, 0.4) is 0 Å². The quantitative estimate of drug-likeness (QED) is 0.369. The molecule has 0 aliphatic heterocycles. The lowest BCUT2D eigenvalue weighted by atomic mass is 10.1. The molecule has 0 unspecified atom stereocenters. The number of rotatable bonds is 8. The minimum Gasteiger partial charge on any atom is -0.357 e. The molecule has 3 nitrogen and oxygen atoms in total. The number of fused-ring (bicyclic) bond motifs is 1. The lowest BCUT2D eigenvalue weighted by Crippen LogP contribution is -2.28. The van der Waals surface area contributed by atoms with Gasteiger partial charge in [0.1, 0.15) is 0 Å². The van der Waals surface area contributed by atoms with Crippen LogP contribution in [0.1, 0.15) is 55.3 Å². The molecule has 0 bridgehead atoms. The average molecular weight is 376 g/mol. The first-order chi connectivity index (χ1) is 13.9. The second-order valence-electron chi connectivity index (χ2n) is 8.11. The van der Waals surface area contributed by atoms with Crippen molar-refractivity contribution < 1.29 is 0 Å². The summed E-state index contributed by atoms with van der Waals surface area (Å²) in [5, 5.41) is 8.83. The van der Waals surface area contributed by atoms with Crippen molar-refractivity contribution in [3.05, 3.63) is 71.4 Å². The molecular formula is C25H33N3. The van der Waals surface area contributed by atoms with Gasteiger partial charge in [-0.3, -0.25) is 0 Å². The number of aromatic amines is 1. The minimum atomic E-state index is 0.679. The van der Waals surface area contributed by atoms with Crippen molar-refractivity contribution >= 4 is 10.9 Å². The number of para-hydroxylation sites is 1. The van der Waals surface area contributed by atoms with Crippen LogP contribution in [0.2, 0.25) is 0 Å². The number of hydrogen-bond acceptors (Lipinski definition) is 2. The first kappa shape index (κ1) is 19.2. The Hall–Kier alpha value is -2.10. The number of benzene rings is 2. The van der Waals surface area contributed by atoms with E-state index in [0.717, 1.165) is 26.1 Å². The third-order valence-electron chi connectivity index (χ3n) is 6.05. The van der Waals surface area contributed by atoms with Crippen molar-refractivity contribution in [3.63, 3.8) is 0 Å². The highest BCUT2D eigenvalue weighted by molar-refractivity contribution is 5.84. The van der Waals surface area contributed by atoms with Crippen LogP contribution in [-0.2, 0) is 19.5 Å². The highest BCUT2D eigenvalue weighted by Crippen LogP contribution is 2.24. The molecule has 1 aliphatic carbocycles. The van der Waals surface area contributed by atoms with E-state index in [1.54, 1.807) is 0 Å². The molecule has 2 aromatic carbocycles. The minimum absolute atomic E-state index is 0.679. The molecule has 1 heterocycles. The van der Waals surface area contributed by atoms with Crippen LogP contribution in [0.5, 0.6) is 0 Å². The zero-order valence-electron chi connectivity index (χ0n) is 16.8. The molecule has 3 aromatic rings. The summed E-state index contributed by atoms with van der Waals surface area (Å²) < 4.78 is 0. The largest absolute Gasteiger partial charge is 0.357 e. The fourth-order valence-corrected chi connectivity index (χ4v) is 4.46. The van der Waals surface area contributed by atoms with Gasteiger partial charge in [0.05, 0.1) is 0 Å². The first-order valence-electron chi connectivity index (χ1n) is 11.0. The van der Waals surface area contributed by atoms with E-state index in [1.165, 1.54) is 66.2 Å². The van der Waals surface area contributed by atoms with Gasteiger partial charge >= 0.3 is 0 Å². The fourth-order valence-electron chi connectivity index (χ4n) is 4.46. The van der Waals surface area contributed by atoms with Crippen molar-refractivity contribution in [3.8, 4) is 0 Å². The Morgan fingerprint density at radius 2 is 1.57 bits per heavy atom. The topological polar surface area (TPSA) is 39.8 Å². The second kappa shape index (κ2) is 9.90. The third kappa shape index (κ3) is 5.03. The van der Waals surface area contributed by atoms with Gasteiger partial charge in [-0.1, -0.05) is 74.2 Å². The maximum absolute atomic E-state index is 3.84. The molecule has 0 atom stereocenters. The molecule has 1 saturated carbocycles. The molecular weight excluding hydrogens is 342 g/mol. The summed E-state index contributed by atoms with van der Waals surface area (Å²) in [6.45, 7) is 2.87. The van der Waals surface area contributed by atoms with Crippen LogP contribution in [0.15, 0.2) is 54.6 Å². The summed E-state index contributed by atoms with van der Waals surface area (Å²) in [7, 11) is 0. The third-order valence-corrected chi connectivity index (χ3v) is 6.05. The van der Waals surface area contributed by atoms with Gasteiger partial charge in [0.2, 0.25) is 0 Å². The lowest BCUT2D eigenvalue weighted by molar-refractivity contribution is 0.456. The van der Waals surface area contributed by atoms with Gasteiger partial charge in [-0.15, -0.1) is 0 Å². The molecule has 0 spiro atoms. The average Bonchev–Trinajstić information content (AvgIpc) is 2.89. The molecule has 1 fully saturated rings. The summed E-state index contributed by atoms with van der Waals surface area (Å²) in [5.41, 5.74) is 5.44. The Balaban J connectivity index is 1.39. The van der Waals surface area contributed by atoms with E-state index in [-0.39, 0.29) is 0 Å². The Morgan fingerprint density at radius 1 is 0.821 bits per heavy atom. The first-order valence-corrected chi connectivity index (χ1v) is 11.0. The van der Waals surface area contributed by atoms with E-state index < -0.39 is 0 Å². The van der Waals surface area contributed by atoms with Crippen LogP contribution in [-0.4, -0.2) is 17.6 Å². The Morgan fingerprint density at radius 3 is 2.39 bits per heavy atom. The van der Waals surface area contributed by atoms with Gasteiger partial charge in [0.25, 0.3) is 0 Å². The van der Waals surface area contributed by atoms with Crippen LogP contribution in [0, 0.1) is 0 Å². The maximum Gasteiger partial charge on any atom is 0.0459 e. The highest BCUT2D eigenvalue weighted by Gasteiger charge is 2.15. The van der Waals surface area contributed by atoms with Gasteiger partial charge < -0.3 is 15.6 Å². The summed E-state index contributed by atoms with van der Waals surface area (Å²) in [6, 6.07) is 20.1. The van der Waals surface area contributed by atoms with E-state index >= 15 is 0 Å². The Kier molecular flexibility index (Phi) is 6.80.